The van der Waals surface area contributed by atoms with E-state index in [-0.39, 0.29) is 12.5 Å². The standard InChI is InChI=1S/C12H22N4O2/c1-9-12(10(2)16(4)14-9)18-8-11(17)15(3)7-5-6-13/h5-8,13H2,1-4H3. The SMILES string of the molecule is Cc1nn(C)c(C)c1OCC(=O)N(C)CCCN. The van der Waals surface area contributed by atoms with Crippen molar-refractivity contribution in [2.24, 2.45) is 12.8 Å². The van der Waals surface area contributed by atoms with Gasteiger partial charge in [0.25, 0.3) is 5.91 Å². The van der Waals surface area contributed by atoms with Crippen molar-refractivity contribution in [1.82, 2.24) is 14.7 Å². The zero-order valence-corrected chi connectivity index (χ0v) is 11.6. The number of hydrogen-bond acceptors (Lipinski definition) is 4. The molecule has 0 radical (unpaired) electrons. The molecule has 0 saturated carbocycles. The third-order valence-electron chi connectivity index (χ3n) is 2.91. The first kappa shape index (κ1) is 14.5. The summed E-state index contributed by atoms with van der Waals surface area (Å²) >= 11 is 0. The Morgan fingerprint density at radius 3 is 2.67 bits per heavy atom. The molecule has 1 aromatic heterocycles. The molecule has 0 aromatic carbocycles. The number of carbonyl (C=O) groups is 1. The lowest BCUT2D eigenvalue weighted by atomic mass is 10.3. The molecule has 6 nitrogen and oxygen atoms in total. The molecule has 0 spiro atoms. The maximum atomic E-state index is 11.8. The Kier molecular flexibility index (Phi) is 5.15. The molecule has 0 saturated heterocycles. The summed E-state index contributed by atoms with van der Waals surface area (Å²) in [6.07, 6.45) is 0.799. The van der Waals surface area contributed by atoms with Crippen molar-refractivity contribution in [2.75, 3.05) is 26.7 Å². The van der Waals surface area contributed by atoms with Gasteiger partial charge in [-0.2, -0.15) is 5.10 Å². The lowest BCUT2D eigenvalue weighted by Crippen LogP contribution is -2.33. The van der Waals surface area contributed by atoms with Crippen LogP contribution >= 0.6 is 0 Å². The van der Waals surface area contributed by atoms with Crippen molar-refractivity contribution >= 4 is 5.91 Å². The molecule has 0 aliphatic rings. The summed E-state index contributed by atoms with van der Waals surface area (Å²) in [5.41, 5.74) is 7.12. The number of carbonyl (C=O) groups excluding carboxylic acids is 1. The number of aryl methyl sites for hydroxylation is 2. The highest BCUT2D eigenvalue weighted by Gasteiger charge is 2.14. The fourth-order valence-electron chi connectivity index (χ4n) is 1.66. The van der Waals surface area contributed by atoms with Crippen LogP contribution in [0.2, 0.25) is 0 Å². The van der Waals surface area contributed by atoms with Gasteiger partial charge in [-0.1, -0.05) is 0 Å². The molecule has 1 rings (SSSR count). The van der Waals surface area contributed by atoms with Crippen molar-refractivity contribution in [3.63, 3.8) is 0 Å². The Morgan fingerprint density at radius 1 is 1.50 bits per heavy atom. The van der Waals surface area contributed by atoms with Gasteiger partial charge < -0.3 is 15.4 Å². The van der Waals surface area contributed by atoms with Crippen LogP contribution in [0.3, 0.4) is 0 Å². The first-order chi connectivity index (χ1) is 8.47. The van der Waals surface area contributed by atoms with Crippen molar-refractivity contribution in [2.45, 2.75) is 20.3 Å². The number of rotatable bonds is 6. The largest absolute Gasteiger partial charge is 0.480 e. The van der Waals surface area contributed by atoms with Crippen LogP contribution in [0.5, 0.6) is 5.75 Å². The third-order valence-corrected chi connectivity index (χ3v) is 2.91. The third kappa shape index (κ3) is 3.46. The summed E-state index contributed by atoms with van der Waals surface area (Å²) in [6.45, 7) is 5.06. The maximum absolute atomic E-state index is 11.8. The Morgan fingerprint density at radius 2 is 2.17 bits per heavy atom. The van der Waals surface area contributed by atoms with Gasteiger partial charge in [-0.25, -0.2) is 0 Å². The van der Waals surface area contributed by atoms with E-state index in [0.717, 1.165) is 17.8 Å². The normalized spacial score (nSPS) is 10.5. The molecule has 1 aromatic rings. The molecule has 1 heterocycles. The Bertz CT molecular complexity index is 414. The van der Waals surface area contributed by atoms with Crippen molar-refractivity contribution in [1.29, 1.82) is 0 Å². The smallest absolute Gasteiger partial charge is 0.260 e. The Balaban J connectivity index is 2.52. The summed E-state index contributed by atoms with van der Waals surface area (Å²) in [4.78, 5) is 13.4. The van der Waals surface area contributed by atoms with Crippen LogP contribution in [0.1, 0.15) is 17.8 Å². The van der Waals surface area contributed by atoms with E-state index in [1.165, 1.54) is 0 Å². The van der Waals surface area contributed by atoms with Crippen LogP contribution in [0.25, 0.3) is 0 Å². The van der Waals surface area contributed by atoms with Gasteiger partial charge in [0, 0.05) is 20.6 Å². The second-order valence-corrected chi connectivity index (χ2v) is 4.37. The van der Waals surface area contributed by atoms with Crippen LogP contribution in [-0.4, -0.2) is 47.3 Å². The average Bonchev–Trinajstić information content (AvgIpc) is 2.58. The highest BCUT2D eigenvalue weighted by Crippen LogP contribution is 2.21. The number of aromatic nitrogens is 2. The zero-order chi connectivity index (χ0) is 13.7. The lowest BCUT2D eigenvalue weighted by Gasteiger charge is -2.16. The number of amides is 1. The van der Waals surface area contributed by atoms with E-state index in [9.17, 15) is 4.79 Å². The first-order valence-electron chi connectivity index (χ1n) is 6.04. The Hall–Kier alpha value is -1.56. The molecule has 0 bridgehead atoms. The predicted octanol–water partition coefficient (Wildman–Crippen LogP) is 0.223. The maximum Gasteiger partial charge on any atom is 0.260 e. The fourth-order valence-corrected chi connectivity index (χ4v) is 1.66. The van der Waals surface area contributed by atoms with Crippen molar-refractivity contribution in [3.8, 4) is 5.75 Å². The topological polar surface area (TPSA) is 73.4 Å². The van der Waals surface area contributed by atoms with Gasteiger partial charge in [-0.3, -0.25) is 9.48 Å². The summed E-state index contributed by atoms with van der Waals surface area (Å²) in [5.74, 6) is 0.643. The van der Waals surface area contributed by atoms with Crippen LogP contribution in [-0.2, 0) is 11.8 Å². The highest BCUT2D eigenvalue weighted by molar-refractivity contribution is 5.77. The van der Waals surface area contributed by atoms with Gasteiger partial charge in [-0.05, 0) is 26.8 Å². The molecular formula is C12H22N4O2. The fraction of sp³-hybridized carbons (Fsp3) is 0.667. The van der Waals surface area contributed by atoms with E-state index in [0.29, 0.717) is 18.8 Å². The van der Waals surface area contributed by atoms with E-state index in [1.807, 2.05) is 20.9 Å². The number of likely N-dealkylation sites (N-methyl/N-ethyl adjacent to an activating group) is 1. The number of nitrogens with zero attached hydrogens (tertiary/aromatic N) is 3. The minimum atomic E-state index is -0.0499. The van der Waals surface area contributed by atoms with Crippen LogP contribution in [0.4, 0.5) is 0 Å². The molecule has 6 heteroatoms. The number of hydrogen-bond donors (Lipinski definition) is 1. The first-order valence-corrected chi connectivity index (χ1v) is 6.04. The minimum Gasteiger partial charge on any atom is -0.480 e. The summed E-state index contributed by atoms with van der Waals surface area (Å²) < 4.78 is 7.29. The van der Waals surface area contributed by atoms with Gasteiger partial charge >= 0.3 is 0 Å². The molecule has 0 unspecified atom stereocenters. The zero-order valence-electron chi connectivity index (χ0n) is 11.6. The molecule has 2 N–H and O–H groups in total. The molecule has 0 aliphatic heterocycles. The molecule has 18 heavy (non-hydrogen) atoms. The van der Waals surface area contributed by atoms with E-state index in [2.05, 4.69) is 5.10 Å². The molecule has 0 atom stereocenters. The molecular weight excluding hydrogens is 232 g/mol. The van der Waals surface area contributed by atoms with Gasteiger partial charge in [0.2, 0.25) is 0 Å². The molecule has 1 amide bonds. The van der Waals surface area contributed by atoms with Gasteiger partial charge in [0.15, 0.2) is 12.4 Å². The minimum absolute atomic E-state index is 0.0362. The highest BCUT2D eigenvalue weighted by atomic mass is 16.5. The summed E-state index contributed by atoms with van der Waals surface area (Å²) in [6, 6.07) is 0. The summed E-state index contributed by atoms with van der Waals surface area (Å²) in [7, 11) is 3.61. The van der Waals surface area contributed by atoms with E-state index in [4.69, 9.17) is 10.5 Å². The molecule has 0 aliphatic carbocycles. The molecule has 0 fully saturated rings. The van der Waals surface area contributed by atoms with Crippen LogP contribution in [0, 0.1) is 13.8 Å². The Labute approximate surface area is 108 Å². The average molecular weight is 254 g/mol. The second kappa shape index (κ2) is 6.39. The molecule has 102 valence electrons. The lowest BCUT2D eigenvalue weighted by molar-refractivity contribution is -0.132. The van der Waals surface area contributed by atoms with Crippen molar-refractivity contribution in [3.05, 3.63) is 11.4 Å². The predicted molar refractivity (Wildman–Crippen MR) is 69.5 cm³/mol. The van der Waals surface area contributed by atoms with E-state index in [1.54, 1.807) is 16.6 Å². The van der Waals surface area contributed by atoms with Crippen LogP contribution < -0.4 is 10.5 Å². The van der Waals surface area contributed by atoms with Gasteiger partial charge in [0.05, 0.1) is 5.69 Å². The summed E-state index contributed by atoms with van der Waals surface area (Å²) in [5, 5.41) is 4.23. The van der Waals surface area contributed by atoms with E-state index < -0.39 is 0 Å². The second-order valence-electron chi connectivity index (χ2n) is 4.37. The van der Waals surface area contributed by atoms with Gasteiger partial charge in [-0.15, -0.1) is 0 Å². The monoisotopic (exact) mass is 254 g/mol. The van der Waals surface area contributed by atoms with Gasteiger partial charge in [0.1, 0.15) is 5.69 Å². The van der Waals surface area contributed by atoms with Crippen LogP contribution in [0.15, 0.2) is 0 Å². The number of ether oxygens (including phenoxy) is 1. The number of nitrogens with two attached hydrogens (primary N) is 1. The quantitative estimate of drug-likeness (QED) is 0.788. The van der Waals surface area contributed by atoms with E-state index >= 15 is 0 Å². The van der Waals surface area contributed by atoms with Crippen molar-refractivity contribution < 1.29 is 9.53 Å².